The molecule has 17 heavy (non-hydrogen) atoms. The van der Waals surface area contributed by atoms with E-state index in [0.29, 0.717) is 12.4 Å². The van der Waals surface area contributed by atoms with E-state index >= 15 is 0 Å². The molecule has 2 aromatic rings. The number of rotatable bonds is 4. The summed E-state index contributed by atoms with van der Waals surface area (Å²) in [4.78, 5) is 4.02. The standard InChI is InChI=1S/C11H12FN3O2/c1-2-16-6-9-14-11(17-15-9)10-7(12)4-3-5-8(10)13/h3-5H,2,6,13H2,1H3. The highest BCUT2D eigenvalue weighted by atomic mass is 19.1. The van der Waals surface area contributed by atoms with E-state index in [1.165, 1.54) is 12.1 Å². The van der Waals surface area contributed by atoms with E-state index in [0.717, 1.165) is 0 Å². The molecule has 0 saturated heterocycles. The number of hydrogen-bond donors (Lipinski definition) is 1. The first-order valence-electron chi connectivity index (χ1n) is 5.17. The number of anilines is 1. The minimum Gasteiger partial charge on any atom is -0.398 e. The lowest BCUT2D eigenvalue weighted by Gasteiger charge is -2.00. The van der Waals surface area contributed by atoms with Gasteiger partial charge >= 0.3 is 0 Å². The Balaban J connectivity index is 2.30. The van der Waals surface area contributed by atoms with Crippen LogP contribution in [0.5, 0.6) is 0 Å². The molecule has 0 fully saturated rings. The van der Waals surface area contributed by atoms with Crippen LogP contribution < -0.4 is 5.73 Å². The first-order chi connectivity index (χ1) is 8.22. The van der Waals surface area contributed by atoms with Gasteiger partial charge in [0.15, 0.2) is 5.82 Å². The van der Waals surface area contributed by atoms with Gasteiger partial charge in [0, 0.05) is 12.3 Å². The molecule has 2 N–H and O–H groups in total. The smallest absolute Gasteiger partial charge is 0.263 e. The fourth-order valence-electron chi connectivity index (χ4n) is 1.37. The molecule has 0 atom stereocenters. The van der Waals surface area contributed by atoms with Crippen molar-refractivity contribution in [1.82, 2.24) is 10.1 Å². The molecule has 1 aromatic heterocycles. The third-order valence-electron chi connectivity index (χ3n) is 2.16. The first kappa shape index (κ1) is 11.5. The van der Waals surface area contributed by atoms with Crippen molar-refractivity contribution in [2.75, 3.05) is 12.3 Å². The quantitative estimate of drug-likeness (QED) is 0.823. The Hall–Kier alpha value is -1.95. The summed E-state index contributed by atoms with van der Waals surface area (Å²) >= 11 is 0. The van der Waals surface area contributed by atoms with Crippen molar-refractivity contribution in [3.8, 4) is 11.5 Å². The van der Waals surface area contributed by atoms with Crippen LogP contribution in [-0.4, -0.2) is 16.7 Å². The summed E-state index contributed by atoms with van der Waals surface area (Å²) in [7, 11) is 0. The van der Waals surface area contributed by atoms with E-state index in [1.54, 1.807) is 6.07 Å². The molecule has 1 heterocycles. The molecular weight excluding hydrogens is 225 g/mol. The van der Waals surface area contributed by atoms with Crippen molar-refractivity contribution in [1.29, 1.82) is 0 Å². The summed E-state index contributed by atoms with van der Waals surface area (Å²) in [6.45, 7) is 2.63. The highest BCUT2D eigenvalue weighted by Crippen LogP contribution is 2.27. The van der Waals surface area contributed by atoms with E-state index in [1.807, 2.05) is 6.92 Å². The Morgan fingerprint density at radius 1 is 1.47 bits per heavy atom. The van der Waals surface area contributed by atoms with Gasteiger partial charge in [-0.05, 0) is 19.1 Å². The van der Waals surface area contributed by atoms with Gasteiger partial charge in [0.25, 0.3) is 5.89 Å². The van der Waals surface area contributed by atoms with Crippen molar-refractivity contribution in [3.05, 3.63) is 29.8 Å². The highest BCUT2D eigenvalue weighted by molar-refractivity contribution is 5.70. The van der Waals surface area contributed by atoms with Crippen molar-refractivity contribution in [2.45, 2.75) is 13.5 Å². The number of nitrogen functional groups attached to an aromatic ring is 1. The summed E-state index contributed by atoms with van der Waals surface area (Å²) < 4.78 is 23.6. The predicted octanol–water partition coefficient (Wildman–Crippen LogP) is 1.99. The Morgan fingerprint density at radius 2 is 2.29 bits per heavy atom. The zero-order valence-electron chi connectivity index (χ0n) is 9.31. The molecule has 0 aliphatic carbocycles. The number of nitrogens with two attached hydrogens (primary N) is 1. The number of hydrogen-bond acceptors (Lipinski definition) is 5. The van der Waals surface area contributed by atoms with Crippen LogP contribution in [0.25, 0.3) is 11.5 Å². The molecule has 5 nitrogen and oxygen atoms in total. The van der Waals surface area contributed by atoms with Crippen LogP contribution in [0.2, 0.25) is 0 Å². The van der Waals surface area contributed by atoms with Gasteiger partial charge in [0.2, 0.25) is 0 Å². The monoisotopic (exact) mass is 237 g/mol. The average molecular weight is 237 g/mol. The van der Waals surface area contributed by atoms with Crippen LogP contribution in [0, 0.1) is 5.82 Å². The van der Waals surface area contributed by atoms with Gasteiger partial charge in [-0.1, -0.05) is 11.2 Å². The van der Waals surface area contributed by atoms with Crippen LogP contribution >= 0.6 is 0 Å². The second-order valence-corrected chi connectivity index (χ2v) is 3.36. The maximum atomic E-state index is 13.6. The van der Waals surface area contributed by atoms with Gasteiger partial charge in [-0.25, -0.2) is 4.39 Å². The normalized spacial score (nSPS) is 10.7. The van der Waals surface area contributed by atoms with Crippen LogP contribution in [-0.2, 0) is 11.3 Å². The molecular formula is C11H12FN3O2. The third-order valence-corrected chi connectivity index (χ3v) is 2.16. The summed E-state index contributed by atoms with van der Waals surface area (Å²) in [6.07, 6.45) is 0. The molecule has 0 unspecified atom stereocenters. The van der Waals surface area contributed by atoms with Crippen LogP contribution in [0.3, 0.4) is 0 Å². The van der Waals surface area contributed by atoms with E-state index in [-0.39, 0.29) is 23.7 Å². The maximum absolute atomic E-state index is 13.6. The molecule has 0 radical (unpaired) electrons. The average Bonchev–Trinajstić information content (AvgIpc) is 2.75. The Morgan fingerprint density at radius 3 is 3.00 bits per heavy atom. The predicted molar refractivity (Wildman–Crippen MR) is 59.4 cm³/mol. The molecule has 0 bridgehead atoms. The van der Waals surface area contributed by atoms with Gasteiger partial charge < -0.3 is 15.0 Å². The van der Waals surface area contributed by atoms with Gasteiger partial charge in [0.05, 0.1) is 5.56 Å². The molecule has 90 valence electrons. The van der Waals surface area contributed by atoms with E-state index < -0.39 is 5.82 Å². The molecule has 1 aromatic carbocycles. The number of ether oxygens (including phenoxy) is 1. The van der Waals surface area contributed by atoms with Gasteiger partial charge in [0.1, 0.15) is 12.4 Å². The molecule has 0 saturated carbocycles. The number of aromatic nitrogens is 2. The van der Waals surface area contributed by atoms with Crippen LogP contribution in [0.15, 0.2) is 22.7 Å². The minimum absolute atomic E-state index is 0.0651. The maximum Gasteiger partial charge on any atom is 0.263 e. The van der Waals surface area contributed by atoms with Crippen LogP contribution in [0.4, 0.5) is 10.1 Å². The molecule has 0 amide bonds. The Kier molecular flexibility index (Phi) is 3.34. The summed E-state index contributed by atoms with van der Waals surface area (Å²) in [6, 6.07) is 4.38. The van der Waals surface area contributed by atoms with Gasteiger partial charge in [-0.15, -0.1) is 0 Å². The second-order valence-electron chi connectivity index (χ2n) is 3.36. The van der Waals surface area contributed by atoms with Crippen LogP contribution in [0.1, 0.15) is 12.7 Å². The molecule has 0 aliphatic heterocycles. The number of halogens is 1. The Bertz CT molecular complexity index is 493. The zero-order chi connectivity index (χ0) is 12.3. The zero-order valence-corrected chi connectivity index (χ0v) is 9.31. The summed E-state index contributed by atoms with van der Waals surface area (Å²) in [5.74, 6) is -0.0589. The van der Waals surface area contributed by atoms with E-state index in [2.05, 4.69) is 10.1 Å². The van der Waals surface area contributed by atoms with E-state index in [4.69, 9.17) is 15.0 Å². The first-order valence-corrected chi connectivity index (χ1v) is 5.17. The lowest BCUT2D eigenvalue weighted by Crippen LogP contribution is -1.95. The minimum atomic E-state index is -0.489. The lowest BCUT2D eigenvalue weighted by molar-refractivity contribution is 0.126. The largest absolute Gasteiger partial charge is 0.398 e. The second kappa shape index (κ2) is 4.92. The third kappa shape index (κ3) is 2.42. The van der Waals surface area contributed by atoms with Crippen molar-refractivity contribution in [2.24, 2.45) is 0 Å². The van der Waals surface area contributed by atoms with Crippen molar-refractivity contribution < 1.29 is 13.7 Å². The molecule has 0 aliphatic rings. The van der Waals surface area contributed by atoms with Crippen molar-refractivity contribution in [3.63, 3.8) is 0 Å². The number of benzene rings is 1. The van der Waals surface area contributed by atoms with Crippen molar-refractivity contribution >= 4 is 5.69 Å². The number of nitrogens with zero attached hydrogens (tertiary/aromatic N) is 2. The van der Waals surface area contributed by atoms with Gasteiger partial charge in [-0.3, -0.25) is 0 Å². The lowest BCUT2D eigenvalue weighted by atomic mass is 10.1. The van der Waals surface area contributed by atoms with Gasteiger partial charge in [-0.2, -0.15) is 4.98 Å². The fourth-order valence-corrected chi connectivity index (χ4v) is 1.37. The topological polar surface area (TPSA) is 74.2 Å². The summed E-state index contributed by atoms with van der Waals surface area (Å²) in [5, 5.41) is 3.68. The SMILES string of the molecule is CCOCc1noc(-c2c(N)cccc2F)n1. The fraction of sp³-hybridized carbons (Fsp3) is 0.273. The highest BCUT2D eigenvalue weighted by Gasteiger charge is 2.16. The molecule has 2 rings (SSSR count). The molecule has 6 heteroatoms. The molecule has 0 spiro atoms. The van der Waals surface area contributed by atoms with E-state index in [9.17, 15) is 4.39 Å². The Labute approximate surface area is 97.4 Å². The summed E-state index contributed by atoms with van der Waals surface area (Å²) in [5.41, 5.74) is 6.05.